The maximum absolute atomic E-state index is 12.4. The van der Waals surface area contributed by atoms with Crippen molar-refractivity contribution in [2.75, 3.05) is 0 Å². The molecule has 1 rings (SSSR count). The van der Waals surface area contributed by atoms with Crippen molar-refractivity contribution in [1.82, 2.24) is 0 Å². The van der Waals surface area contributed by atoms with E-state index in [1.54, 1.807) is 19.1 Å². The predicted octanol–water partition coefficient (Wildman–Crippen LogP) is 3.46. The van der Waals surface area contributed by atoms with Crippen molar-refractivity contribution in [3.8, 4) is 0 Å². The van der Waals surface area contributed by atoms with Crippen molar-refractivity contribution in [2.45, 2.75) is 26.4 Å². The van der Waals surface area contributed by atoms with Crippen LogP contribution in [-0.2, 0) is 0 Å². The van der Waals surface area contributed by atoms with Crippen molar-refractivity contribution >= 4 is 0 Å². The normalized spacial score (nSPS) is 24.9. The van der Waals surface area contributed by atoms with Crippen LogP contribution in [-0.4, -0.2) is 6.18 Å². The molecule has 0 aliphatic heterocycles. The first-order chi connectivity index (χ1) is 5.43. The third-order valence-electron chi connectivity index (χ3n) is 2.08. The molecule has 1 unspecified atom stereocenters. The SMILES string of the molecule is CC1=C(C(F)(F)F)C(C)CC=C1. The molecule has 1 atom stereocenters. The minimum Gasteiger partial charge on any atom is -0.166 e. The van der Waals surface area contributed by atoms with E-state index in [9.17, 15) is 13.2 Å². The van der Waals surface area contributed by atoms with Gasteiger partial charge in [-0.05, 0) is 24.8 Å². The van der Waals surface area contributed by atoms with Crippen molar-refractivity contribution in [3.05, 3.63) is 23.3 Å². The van der Waals surface area contributed by atoms with Gasteiger partial charge in [-0.15, -0.1) is 0 Å². The van der Waals surface area contributed by atoms with E-state index in [0.717, 1.165) is 0 Å². The van der Waals surface area contributed by atoms with Gasteiger partial charge < -0.3 is 0 Å². The summed E-state index contributed by atoms with van der Waals surface area (Å²) < 4.78 is 37.1. The maximum atomic E-state index is 12.4. The summed E-state index contributed by atoms with van der Waals surface area (Å²) in [5, 5.41) is 0. The summed E-state index contributed by atoms with van der Waals surface area (Å²) in [6.45, 7) is 3.12. The molecule has 0 aromatic rings. The fourth-order valence-electron chi connectivity index (χ4n) is 1.55. The maximum Gasteiger partial charge on any atom is 0.413 e. The second-order valence-electron chi connectivity index (χ2n) is 3.13. The molecule has 0 bridgehead atoms. The van der Waals surface area contributed by atoms with Crippen LogP contribution in [0.25, 0.3) is 0 Å². The topological polar surface area (TPSA) is 0 Å². The molecule has 0 heterocycles. The summed E-state index contributed by atoms with van der Waals surface area (Å²) in [6.07, 6.45) is -0.335. The molecule has 0 N–H and O–H groups in total. The van der Waals surface area contributed by atoms with Crippen LogP contribution in [0.4, 0.5) is 13.2 Å². The van der Waals surface area contributed by atoms with Gasteiger partial charge in [-0.25, -0.2) is 0 Å². The zero-order chi connectivity index (χ0) is 9.35. The van der Waals surface area contributed by atoms with Gasteiger partial charge in [0.15, 0.2) is 0 Å². The minimum atomic E-state index is -4.16. The summed E-state index contributed by atoms with van der Waals surface area (Å²) in [4.78, 5) is 0. The summed E-state index contributed by atoms with van der Waals surface area (Å²) in [5.41, 5.74) is -0.0220. The molecule has 3 heteroatoms. The molecule has 0 fully saturated rings. The van der Waals surface area contributed by atoms with E-state index in [-0.39, 0.29) is 5.57 Å². The molecule has 0 amide bonds. The van der Waals surface area contributed by atoms with Crippen LogP contribution in [0.5, 0.6) is 0 Å². The molecule has 0 nitrogen and oxygen atoms in total. The molecule has 0 radical (unpaired) electrons. The monoisotopic (exact) mass is 176 g/mol. The molecule has 0 aromatic carbocycles. The second-order valence-corrected chi connectivity index (χ2v) is 3.13. The molecule has 0 saturated heterocycles. The highest BCUT2D eigenvalue weighted by Gasteiger charge is 2.38. The highest BCUT2D eigenvalue weighted by atomic mass is 19.4. The molecule has 0 aromatic heterocycles. The van der Waals surface area contributed by atoms with Crippen molar-refractivity contribution < 1.29 is 13.2 Å². The van der Waals surface area contributed by atoms with Crippen LogP contribution in [0.1, 0.15) is 20.3 Å². The first-order valence-corrected chi connectivity index (χ1v) is 3.87. The minimum absolute atomic E-state index is 0.348. The standard InChI is InChI=1S/C9H11F3/c1-6-4-3-5-7(2)8(6)9(10,11)12/h3-4,7H,5H2,1-2H3. The fraction of sp³-hybridized carbons (Fsp3) is 0.556. The Bertz CT molecular complexity index is 233. The zero-order valence-electron chi connectivity index (χ0n) is 7.07. The van der Waals surface area contributed by atoms with Crippen molar-refractivity contribution in [1.29, 1.82) is 0 Å². The Morgan fingerprint density at radius 1 is 1.42 bits per heavy atom. The van der Waals surface area contributed by atoms with E-state index in [2.05, 4.69) is 0 Å². The lowest BCUT2D eigenvalue weighted by atomic mass is 9.88. The molecule has 12 heavy (non-hydrogen) atoms. The van der Waals surface area contributed by atoms with Crippen LogP contribution in [0.3, 0.4) is 0 Å². The van der Waals surface area contributed by atoms with Crippen LogP contribution < -0.4 is 0 Å². The van der Waals surface area contributed by atoms with E-state index < -0.39 is 12.1 Å². The van der Waals surface area contributed by atoms with Crippen LogP contribution >= 0.6 is 0 Å². The van der Waals surface area contributed by atoms with Crippen LogP contribution in [0, 0.1) is 5.92 Å². The Kier molecular flexibility index (Phi) is 2.31. The number of rotatable bonds is 0. The molecule has 0 saturated carbocycles. The summed E-state index contributed by atoms with van der Waals surface area (Å²) in [5.74, 6) is -0.394. The average molecular weight is 176 g/mol. The first kappa shape index (κ1) is 9.36. The number of hydrogen-bond acceptors (Lipinski definition) is 0. The highest BCUT2D eigenvalue weighted by molar-refractivity contribution is 5.32. The van der Waals surface area contributed by atoms with Gasteiger partial charge in [-0.3, -0.25) is 0 Å². The van der Waals surface area contributed by atoms with Gasteiger partial charge in [0.05, 0.1) is 0 Å². The van der Waals surface area contributed by atoms with E-state index >= 15 is 0 Å². The number of hydrogen-bond donors (Lipinski definition) is 0. The first-order valence-electron chi connectivity index (χ1n) is 3.87. The van der Waals surface area contributed by atoms with Crippen LogP contribution in [0.15, 0.2) is 23.3 Å². The highest BCUT2D eigenvalue weighted by Crippen LogP contribution is 2.37. The van der Waals surface area contributed by atoms with Gasteiger partial charge in [0.25, 0.3) is 0 Å². The van der Waals surface area contributed by atoms with Gasteiger partial charge in [0.1, 0.15) is 0 Å². The number of alkyl halides is 3. The van der Waals surface area contributed by atoms with Gasteiger partial charge in [0, 0.05) is 5.57 Å². The molecular weight excluding hydrogens is 165 g/mol. The second kappa shape index (κ2) is 2.96. The number of halogens is 3. The van der Waals surface area contributed by atoms with E-state index in [1.165, 1.54) is 6.92 Å². The quantitative estimate of drug-likeness (QED) is 0.530. The van der Waals surface area contributed by atoms with Gasteiger partial charge in [-0.1, -0.05) is 19.1 Å². The smallest absolute Gasteiger partial charge is 0.166 e. The summed E-state index contributed by atoms with van der Waals surface area (Å²) >= 11 is 0. The van der Waals surface area contributed by atoms with E-state index in [1.807, 2.05) is 0 Å². The fourth-order valence-corrected chi connectivity index (χ4v) is 1.55. The third kappa shape index (κ3) is 1.71. The molecule has 1 aliphatic rings. The molecule has 68 valence electrons. The Labute approximate surface area is 69.8 Å². The summed E-state index contributed by atoms with van der Waals surface area (Å²) in [7, 11) is 0. The van der Waals surface area contributed by atoms with Gasteiger partial charge in [-0.2, -0.15) is 13.2 Å². The molecule has 1 aliphatic carbocycles. The average Bonchev–Trinajstić information content (AvgIpc) is 1.82. The molecule has 0 spiro atoms. The van der Waals surface area contributed by atoms with Gasteiger partial charge in [0.2, 0.25) is 0 Å². The third-order valence-corrected chi connectivity index (χ3v) is 2.08. The lowest BCUT2D eigenvalue weighted by Crippen LogP contribution is -2.21. The summed E-state index contributed by atoms with van der Waals surface area (Å²) in [6, 6.07) is 0. The number of allylic oxidation sites excluding steroid dienone is 4. The molecular formula is C9H11F3. The van der Waals surface area contributed by atoms with E-state index in [4.69, 9.17) is 0 Å². The van der Waals surface area contributed by atoms with Crippen LogP contribution in [0.2, 0.25) is 0 Å². The lowest BCUT2D eigenvalue weighted by Gasteiger charge is -2.22. The van der Waals surface area contributed by atoms with E-state index in [0.29, 0.717) is 12.0 Å². The lowest BCUT2D eigenvalue weighted by molar-refractivity contribution is -0.0991. The Balaban J connectivity index is 3.05. The Hall–Kier alpha value is -0.730. The van der Waals surface area contributed by atoms with Crippen molar-refractivity contribution in [3.63, 3.8) is 0 Å². The Morgan fingerprint density at radius 2 is 2.00 bits per heavy atom. The van der Waals surface area contributed by atoms with Gasteiger partial charge >= 0.3 is 6.18 Å². The predicted molar refractivity (Wildman–Crippen MR) is 41.7 cm³/mol. The zero-order valence-corrected chi connectivity index (χ0v) is 7.07. The Morgan fingerprint density at radius 3 is 2.33 bits per heavy atom. The largest absolute Gasteiger partial charge is 0.413 e. The van der Waals surface area contributed by atoms with Crippen molar-refractivity contribution in [2.24, 2.45) is 5.92 Å².